The molecule has 0 bridgehead atoms. The van der Waals surface area contributed by atoms with E-state index >= 15 is 0 Å². The van der Waals surface area contributed by atoms with Gasteiger partial charge in [0, 0.05) is 22.3 Å². The second-order valence-electron chi connectivity index (χ2n) is 3.94. The molecule has 0 amide bonds. The lowest BCUT2D eigenvalue weighted by atomic mass is 9.83. The van der Waals surface area contributed by atoms with Gasteiger partial charge in [-0.15, -0.1) is 11.6 Å². The van der Waals surface area contributed by atoms with Crippen LogP contribution in [-0.2, 0) is 0 Å². The van der Waals surface area contributed by atoms with E-state index in [1.165, 1.54) is 0 Å². The highest BCUT2D eigenvalue weighted by Gasteiger charge is 2.46. The first-order valence-corrected chi connectivity index (χ1v) is 5.13. The van der Waals surface area contributed by atoms with Crippen molar-refractivity contribution >= 4 is 11.6 Å². The maximum absolute atomic E-state index is 10.7. The lowest BCUT2D eigenvalue weighted by Gasteiger charge is -2.28. The first kappa shape index (κ1) is 9.21. The number of fused-ring (bicyclic) bond motifs is 1. The van der Waals surface area contributed by atoms with E-state index in [2.05, 4.69) is 5.32 Å². The number of nitrogens with zero attached hydrogens (tertiary/aromatic N) is 1. The third kappa shape index (κ3) is 1.65. The molecule has 0 aromatic rings. The van der Waals surface area contributed by atoms with Gasteiger partial charge in [0.1, 0.15) is 0 Å². The largest absolute Gasteiger partial charge is 0.307 e. The van der Waals surface area contributed by atoms with Gasteiger partial charge in [-0.2, -0.15) is 0 Å². The fourth-order valence-corrected chi connectivity index (χ4v) is 2.82. The highest BCUT2D eigenvalue weighted by Crippen LogP contribution is 2.34. The molecule has 2 rings (SSSR count). The lowest BCUT2D eigenvalue weighted by molar-refractivity contribution is -0.526. The molecule has 1 aliphatic carbocycles. The van der Waals surface area contributed by atoms with Crippen LogP contribution in [-0.4, -0.2) is 28.9 Å². The number of halogens is 1. The van der Waals surface area contributed by atoms with Crippen LogP contribution in [0.4, 0.5) is 0 Å². The topological polar surface area (TPSA) is 55.2 Å². The van der Waals surface area contributed by atoms with Crippen LogP contribution in [0.25, 0.3) is 0 Å². The van der Waals surface area contributed by atoms with Crippen molar-refractivity contribution in [2.24, 2.45) is 5.92 Å². The zero-order valence-electron chi connectivity index (χ0n) is 7.28. The van der Waals surface area contributed by atoms with Gasteiger partial charge in [0.05, 0.1) is 6.54 Å². The molecule has 0 radical (unpaired) electrons. The van der Waals surface area contributed by atoms with E-state index in [0.717, 1.165) is 19.3 Å². The van der Waals surface area contributed by atoms with Gasteiger partial charge in [-0.3, -0.25) is 10.1 Å². The molecule has 1 aliphatic heterocycles. The van der Waals surface area contributed by atoms with Crippen LogP contribution in [0.2, 0.25) is 0 Å². The molecule has 1 saturated heterocycles. The van der Waals surface area contributed by atoms with Gasteiger partial charge >= 0.3 is 0 Å². The molecule has 2 fully saturated rings. The van der Waals surface area contributed by atoms with Crippen LogP contribution < -0.4 is 5.32 Å². The normalized spacial score (nSPS) is 44.4. The molecule has 0 spiro atoms. The van der Waals surface area contributed by atoms with Gasteiger partial charge in [-0.05, 0) is 19.3 Å². The molecule has 13 heavy (non-hydrogen) atoms. The maximum atomic E-state index is 10.7. The van der Waals surface area contributed by atoms with Crippen LogP contribution in [0, 0.1) is 16.0 Å². The summed E-state index contributed by atoms with van der Waals surface area (Å²) in [5.74, 6) is 0.159. The molecule has 0 aromatic carbocycles. The van der Waals surface area contributed by atoms with Crippen molar-refractivity contribution in [3.63, 3.8) is 0 Å². The predicted molar refractivity (Wildman–Crippen MR) is 49.6 cm³/mol. The summed E-state index contributed by atoms with van der Waals surface area (Å²) in [6, 6.07) is -0.0723. The molecule has 5 heteroatoms. The van der Waals surface area contributed by atoms with Gasteiger partial charge in [-0.25, -0.2) is 0 Å². The number of rotatable bonds is 1. The Morgan fingerprint density at radius 1 is 1.46 bits per heavy atom. The highest BCUT2D eigenvalue weighted by molar-refractivity contribution is 6.20. The van der Waals surface area contributed by atoms with Crippen molar-refractivity contribution in [1.82, 2.24) is 5.32 Å². The van der Waals surface area contributed by atoms with Crippen molar-refractivity contribution in [2.45, 2.75) is 36.7 Å². The number of nitro groups is 1. The quantitative estimate of drug-likeness (QED) is 0.394. The average molecular weight is 205 g/mol. The van der Waals surface area contributed by atoms with Crippen molar-refractivity contribution in [3.05, 3.63) is 10.1 Å². The second-order valence-corrected chi connectivity index (χ2v) is 4.56. The summed E-state index contributed by atoms with van der Waals surface area (Å²) < 4.78 is 0. The monoisotopic (exact) mass is 204 g/mol. The number of hydrogen-bond acceptors (Lipinski definition) is 3. The Morgan fingerprint density at radius 2 is 2.23 bits per heavy atom. The van der Waals surface area contributed by atoms with Crippen molar-refractivity contribution in [2.75, 3.05) is 6.54 Å². The van der Waals surface area contributed by atoms with E-state index < -0.39 is 6.04 Å². The predicted octanol–water partition coefficient (Wildman–Crippen LogP) is 1.01. The second kappa shape index (κ2) is 3.42. The van der Waals surface area contributed by atoms with Crippen LogP contribution in [0.3, 0.4) is 0 Å². The Morgan fingerprint density at radius 3 is 2.92 bits per heavy atom. The zero-order valence-corrected chi connectivity index (χ0v) is 8.04. The molecule has 1 N–H and O–H groups in total. The van der Waals surface area contributed by atoms with E-state index in [1.54, 1.807) is 0 Å². The number of nitrogens with one attached hydrogen (secondary N) is 1. The zero-order chi connectivity index (χ0) is 9.42. The fraction of sp³-hybridized carbons (Fsp3) is 1.00. The summed E-state index contributed by atoms with van der Waals surface area (Å²) in [6.45, 7) is 0.520. The molecule has 0 aromatic heterocycles. The summed E-state index contributed by atoms with van der Waals surface area (Å²) in [5, 5.41) is 14.0. The molecule has 74 valence electrons. The Labute approximate surface area is 81.8 Å². The number of hydrogen-bond donors (Lipinski definition) is 1. The van der Waals surface area contributed by atoms with Gasteiger partial charge in [0.2, 0.25) is 6.04 Å². The molecule has 4 nitrogen and oxygen atoms in total. The number of alkyl halides is 1. The van der Waals surface area contributed by atoms with Crippen LogP contribution in [0.15, 0.2) is 0 Å². The van der Waals surface area contributed by atoms with Gasteiger partial charge in [0.25, 0.3) is 0 Å². The molecule has 4 unspecified atom stereocenters. The fourth-order valence-electron chi connectivity index (χ4n) is 2.48. The first-order chi connectivity index (χ1) is 6.18. The summed E-state index contributed by atoms with van der Waals surface area (Å²) in [4.78, 5) is 10.5. The maximum Gasteiger partial charge on any atom is 0.229 e. The van der Waals surface area contributed by atoms with Crippen LogP contribution in [0.5, 0.6) is 0 Å². The van der Waals surface area contributed by atoms with Gasteiger partial charge < -0.3 is 5.32 Å². The molecule has 2 aliphatic rings. The van der Waals surface area contributed by atoms with Gasteiger partial charge in [0.15, 0.2) is 0 Å². The molecule has 1 heterocycles. The minimum absolute atomic E-state index is 0.142. The minimum Gasteiger partial charge on any atom is -0.307 e. The van der Waals surface area contributed by atoms with E-state index in [4.69, 9.17) is 11.6 Å². The summed E-state index contributed by atoms with van der Waals surface area (Å²) in [6.07, 6.45) is 2.77. The minimum atomic E-state index is -0.411. The molecule has 1 saturated carbocycles. The Hall–Kier alpha value is -0.350. The molecule has 4 atom stereocenters. The van der Waals surface area contributed by atoms with Crippen molar-refractivity contribution in [1.29, 1.82) is 0 Å². The Balaban J connectivity index is 2.06. The summed E-state index contributed by atoms with van der Waals surface area (Å²) in [5.41, 5.74) is 0. The highest BCUT2D eigenvalue weighted by atomic mass is 35.5. The lowest BCUT2D eigenvalue weighted by Crippen LogP contribution is -2.37. The van der Waals surface area contributed by atoms with Crippen molar-refractivity contribution in [3.8, 4) is 0 Å². The van der Waals surface area contributed by atoms with E-state index in [1.807, 2.05) is 0 Å². The van der Waals surface area contributed by atoms with E-state index in [-0.39, 0.29) is 16.2 Å². The SMILES string of the molecule is O=[N+]([O-])C1CNC2CCC(Cl)CC21. The van der Waals surface area contributed by atoms with Gasteiger partial charge in [-0.1, -0.05) is 0 Å². The Bertz CT molecular complexity index is 224. The van der Waals surface area contributed by atoms with E-state index in [9.17, 15) is 10.1 Å². The first-order valence-electron chi connectivity index (χ1n) is 4.69. The third-order valence-corrected chi connectivity index (χ3v) is 3.59. The third-order valence-electron chi connectivity index (χ3n) is 3.19. The summed E-state index contributed by atoms with van der Waals surface area (Å²) >= 11 is 6.00. The average Bonchev–Trinajstić information content (AvgIpc) is 2.46. The van der Waals surface area contributed by atoms with Crippen LogP contribution >= 0.6 is 11.6 Å². The van der Waals surface area contributed by atoms with Crippen molar-refractivity contribution < 1.29 is 4.92 Å². The standard InChI is InChI=1S/C8H13ClN2O2/c9-5-1-2-7-6(3-5)8(4-10-7)11(12)13/h5-8,10H,1-4H2. The van der Waals surface area contributed by atoms with E-state index in [0.29, 0.717) is 12.6 Å². The smallest absolute Gasteiger partial charge is 0.229 e. The molecular weight excluding hydrogens is 192 g/mol. The Kier molecular flexibility index (Phi) is 2.43. The summed E-state index contributed by atoms with van der Waals surface area (Å²) in [7, 11) is 0. The van der Waals surface area contributed by atoms with Crippen LogP contribution in [0.1, 0.15) is 19.3 Å². The molecular formula is C8H13ClN2O2.